The number of fused-ring (bicyclic) bond motifs is 1. The molecule has 0 radical (unpaired) electrons. The SMILES string of the molecule is NCC(=O)c1ccc(Br)c2ccccc12. The minimum absolute atomic E-state index is 0.0290. The first-order valence-electron chi connectivity index (χ1n) is 4.64. The molecule has 2 aromatic carbocycles. The van der Waals surface area contributed by atoms with Gasteiger partial charge in [-0.05, 0) is 22.9 Å². The van der Waals surface area contributed by atoms with E-state index < -0.39 is 0 Å². The summed E-state index contributed by atoms with van der Waals surface area (Å²) in [5.41, 5.74) is 6.06. The molecule has 0 heterocycles. The van der Waals surface area contributed by atoms with Gasteiger partial charge in [0.2, 0.25) is 0 Å². The highest BCUT2D eigenvalue weighted by atomic mass is 79.9. The van der Waals surface area contributed by atoms with Crippen LogP contribution in [0.4, 0.5) is 0 Å². The maximum atomic E-state index is 11.6. The lowest BCUT2D eigenvalue weighted by Crippen LogP contribution is -2.13. The smallest absolute Gasteiger partial charge is 0.177 e. The fourth-order valence-corrected chi connectivity index (χ4v) is 2.09. The lowest BCUT2D eigenvalue weighted by atomic mass is 10.0. The number of benzene rings is 2. The fraction of sp³-hybridized carbons (Fsp3) is 0.0833. The molecule has 0 bridgehead atoms. The first-order chi connectivity index (χ1) is 7.24. The fourth-order valence-electron chi connectivity index (χ4n) is 1.62. The lowest BCUT2D eigenvalue weighted by Gasteiger charge is -2.05. The predicted octanol–water partition coefficient (Wildman–Crippen LogP) is 2.74. The van der Waals surface area contributed by atoms with E-state index in [0.29, 0.717) is 5.56 Å². The molecule has 0 saturated heterocycles. The van der Waals surface area contributed by atoms with Gasteiger partial charge in [-0.15, -0.1) is 0 Å². The number of halogens is 1. The van der Waals surface area contributed by atoms with Gasteiger partial charge in [0.15, 0.2) is 5.78 Å². The van der Waals surface area contributed by atoms with Crippen LogP contribution in [-0.4, -0.2) is 12.3 Å². The molecule has 76 valence electrons. The molecule has 0 saturated carbocycles. The van der Waals surface area contributed by atoms with Crippen molar-refractivity contribution in [2.75, 3.05) is 6.54 Å². The number of hydrogen-bond acceptors (Lipinski definition) is 2. The highest BCUT2D eigenvalue weighted by molar-refractivity contribution is 9.10. The maximum Gasteiger partial charge on any atom is 0.177 e. The summed E-state index contributed by atoms with van der Waals surface area (Å²) in [5.74, 6) is -0.0290. The van der Waals surface area contributed by atoms with Crippen molar-refractivity contribution in [1.29, 1.82) is 0 Å². The maximum absolute atomic E-state index is 11.6. The van der Waals surface area contributed by atoms with Gasteiger partial charge in [0, 0.05) is 10.0 Å². The number of carbonyl (C=O) groups is 1. The quantitative estimate of drug-likeness (QED) is 0.847. The highest BCUT2D eigenvalue weighted by Crippen LogP contribution is 2.26. The zero-order chi connectivity index (χ0) is 10.8. The van der Waals surface area contributed by atoms with E-state index in [0.717, 1.165) is 15.2 Å². The van der Waals surface area contributed by atoms with Crippen molar-refractivity contribution in [3.8, 4) is 0 Å². The Morgan fingerprint density at radius 1 is 1.13 bits per heavy atom. The molecular formula is C12H10BrNO. The van der Waals surface area contributed by atoms with Gasteiger partial charge >= 0.3 is 0 Å². The van der Waals surface area contributed by atoms with Crippen molar-refractivity contribution < 1.29 is 4.79 Å². The van der Waals surface area contributed by atoms with Gasteiger partial charge in [-0.25, -0.2) is 0 Å². The molecule has 3 heteroatoms. The molecule has 0 fully saturated rings. The van der Waals surface area contributed by atoms with E-state index in [4.69, 9.17) is 5.73 Å². The van der Waals surface area contributed by atoms with Gasteiger partial charge in [0.25, 0.3) is 0 Å². The van der Waals surface area contributed by atoms with Crippen LogP contribution in [0.3, 0.4) is 0 Å². The van der Waals surface area contributed by atoms with E-state index in [1.54, 1.807) is 0 Å². The number of hydrogen-bond donors (Lipinski definition) is 1. The number of Topliss-reactive ketones (excluding diaryl/α,β-unsaturated/α-hetero) is 1. The van der Waals surface area contributed by atoms with Crippen molar-refractivity contribution >= 4 is 32.5 Å². The predicted molar refractivity (Wildman–Crippen MR) is 65.0 cm³/mol. The summed E-state index contributed by atoms with van der Waals surface area (Å²) in [4.78, 5) is 11.6. The van der Waals surface area contributed by atoms with Crippen LogP contribution in [0.1, 0.15) is 10.4 Å². The van der Waals surface area contributed by atoms with Crippen LogP contribution in [0.25, 0.3) is 10.8 Å². The van der Waals surface area contributed by atoms with Crippen LogP contribution in [0, 0.1) is 0 Å². The summed E-state index contributed by atoms with van der Waals surface area (Å²) in [7, 11) is 0. The Morgan fingerprint density at radius 2 is 1.80 bits per heavy atom. The Balaban J connectivity index is 2.77. The zero-order valence-corrected chi connectivity index (χ0v) is 9.62. The number of carbonyl (C=O) groups excluding carboxylic acids is 1. The number of rotatable bonds is 2. The number of nitrogens with two attached hydrogens (primary N) is 1. The molecule has 15 heavy (non-hydrogen) atoms. The Kier molecular flexibility index (Phi) is 2.84. The Bertz CT molecular complexity index is 522. The molecule has 0 spiro atoms. The molecule has 2 nitrogen and oxygen atoms in total. The molecular weight excluding hydrogens is 254 g/mol. The third-order valence-electron chi connectivity index (χ3n) is 2.36. The zero-order valence-electron chi connectivity index (χ0n) is 8.03. The number of ketones is 1. The molecule has 2 aromatic rings. The van der Waals surface area contributed by atoms with Crippen LogP contribution in [0.15, 0.2) is 40.9 Å². The summed E-state index contributed by atoms with van der Waals surface area (Å²) < 4.78 is 0.992. The van der Waals surface area contributed by atoms with Gasteiger partial charge in [-0.1, -0.05) is 40.2 Å². The summed E-state index contributed by atoms with van der Waals surface area (Å²) >= 11 is 3.46. The highest BCUT2D eigenvalue weighted by Gasteiger charge is 2.09. The minimum atomic E-state index is -0.0290. The normalized spacial score (nSPS) is 10.5. The lowest BCUT2D eigenvalue weighted by molar-refractivity contribution is 0.100. The minimum Gasteiger partial charge on any atom is -0.324 e. The van der Waals surface area contributed by atoms with E-state index in [1.807, 2.05) is 36.4 Å². The van der Waals surface area contributed by atoms with Crippen LogP contribution < -0.4 is 5.73 Å². The Hall–Kier alpha value is -1.19. The van der Waals surface area contributed by atoms with E-state index >= 15 is 0 Å². The molecule has 0 atom stereocenters. The molecule has 0 aliphatic heterocycles. The average molecular weight is 264 g/mol. The van der Waals surface area contributed by atoms with Crippen molar-refractivity contribution in [1.82, 2.24) is 0 Å². The summed E-state index contributed by atoms with van der Waals surface area (Å²) in [6.45, 7) is 0.0472. The molecule has 0 aliphatic rings. The molecule has 2 N–H and O–H groups in total. The average Bonchev–Trinajstić information content (AvgIpc) is 2.29. The van der Waals surface area contributed by atoms with E-state index in [2.05, 4.69) is 15.9 Å². The van der Waals surface area contributed by atoms with Gasteiger partial charge < -0.3 is 5.73 Å². The van der Waals surface area contributed by atoms with Gasteiger partial charge in [-0.3, -0.25) is 4.79 Å². The van der Waals surface area contributed by atoms with Crippen LogP contribution in [-0.2, 0) is 0 Å². The molecule has 2 rings (SSSR count). The largest absolute Gasteiger partial charge is 0.324 e. The van der Waals surface area contributed by atoms with Crippen molar-refractivity contribution in [3.05, 3.63) is 46.4 Å². The molecule has 0 amide bonds. The van der Waals surface area contributed by atoms with E-state index in [9.17, 15) is 4.79 Å². The van der Waals surface area contributed by atoms with Gasteiger partial charge in [-0.2, -0.15) is 0 Å². The first-order valence-corrected chi connectivity index (χ1v) is 5.44. The third-order valence-corrected chi connectivity index (χ3v) is 3.05. The molecule has 0 aromatic heterocycles. The second-order valence-corrected chi connectivity index (χ2v) is 4.12. The van der Waals surface area contributed by atoms with Crippen molar-refractivity contribution in [2.24, 2.45) is 5.73 Å². The van der Waals surface area contributed by atoms with Gasteiger partial charge in [0.1, 0.15) is 0 Å². The van der Waals surface area contributed by atoms with E-state index in [-0.39, 0.29) is 12.3 Å². The van der Waals surface area contributed by atoms with Crippen molar-refractivity contribution in [2.45, 2.75) is 0 Å². The van der Waals surface area contributed by atoms with Crippen LogP contribution in [0.2, 0.25) is 0 Å². The molecule has 0 aliphatic carbocycles. The Labute approximate surface area is 96.2 Å². The third kappa shape index (κ3) is 1.80. The first kappa shape index (κ1) is 10.3. The summed E-state index contributed by atoms with van der Waals surface area (Å²) in [6, 6.07) is 11.5. The summed E-state index contributed by atoms with van der Waals surface area (Å²) in [5, 5.41) is 1.99. The van der Waals surface area contributed by atoms with Crippen molar-refractivity contribution in [3.63, 3.8) is 0 Å². The van der Waals surface area contributed by atoms with Crippen LogP contribution >= 0.6 is 15.9 Å². The van der Waals surface area contributed by atoms with E-state index in [1.165, 1.54) is 0 Å². The second kappa shape index (κ2) is 4.13. The Morgan fingerprint density at radius 3 is 2.47 bits per heavy atom. The van der Waals surface area contributed by atoms with Crippen LogP contribution in [0.5, 0.6) is 0 Å². The summed E-state index contributed by atoms with van der Waals surface area (Å²) in [6.07, 6.45) is 0. The standard InChI is InChI=1S/C12H10BrNO/c13-11-6-5-10(12(15)7-14)8-3-1-2-4-9(8)11/h1-6H,7,14H2. The topological polar surface area (TPSA) is 43.1 Å². The monoisotopic (exact) mass is 263 g/mol. The molecule has 0 unspecified atom stereocenters. The van der Waals surface area contributed by atoms with Gasteiger partial charge in [0.05, 0.1) is 6.54 Å². The second-order valence-electron chi connectivity index (χ2n) is 3.27.